The van der Waals surface area contributed by atoms with Gasteiger partial charge in [0, 0.05) is 6.42 Å². The van der Waals surface area contributed by atoms with Crippen LogP contribution in [0, 0.1) is 29.1 Å². The molecule has 4 aliphatic rings. The van der Waals surface area contributed by atoms with Gasteiger partial charge in [0.25, 0.3) is 0 Å². The second kappa shape index (κ2) is 23.9. The Morgan fingerprint density at radius 3 is 1.88 bits per heavy atom. The number of rotatable bonds is 27. The van der Waals surface area contributed by atoms with Crippen LogP contribution in [0.4, 0.5) is 4.79 Å². The fourth-order valence-corrected chi connectivity index (χ4v) is 8.50. The van der Waals surface area contributed by atoms with Crippen LogP contribution in [0.1, 0.15) is 142 Å². The van der Waals surface area contributed by atoms with Gasteiger partial charge in [-0.15, -0.1) is 0 Å². The zero-order valence-corrected chi connectivity index (χ0v) is 31.3. The molecule has 0 aromatic heterocycles. The third-order valence-corrected chi connectivity index (χ3v) is 10.6. The molecule has 0 aromatic carbocycles. The maximum absolute atomic E-state index is 13.1. The SMILES string of the molecule is CCCCC/C=C\C/C=C\CCCCCCCC(=O)OCC(COC(=O)CC12CC3CC(CC(C3)C1)C2)COC(=O)OCCCCN(C)C. The van der Waals surface area contributed by atoms with Gasteiger partial charge in [-0.1, -0.05) is 63.3 Å². The van der Waals surface area contributed by atoms with Crippen molar-refractivity contribution in [3.63, 3.8) is 0 Å². The molecule has 1 atom stereocenters. The summed E-state index contributed by atoms with van der Waals surface area (Å²) in [6, 6.07) is 0. The number of hydrogen-bond donors (Lipinski definition) is 0. The van der Waals surface area contributed by atoms with Crippen LogP contribution in [0.3, 0.4) is 0 Å². The first-order valence-corrected chi connectivity index (χ1v) is 19.8. The molecule has 0 N–H and O–H groups in total. The van der Waals surface area contributed by atoms with Crippen molar-refractivity contribution in [2.45, 2.75) is 142 Å². The maximum atomic E-state index is 13.1. The summed E-state index contributed by atoms with van der Waals surface area (Å²) < 4.78 is 21.9. The van der Waals surface area contributed by atoms with Crippen LogP contribution in [-0.4, -0.2) is 70.1 Å². The van der Waals surface area contributed by atoms with Gasteiger partial charge in [-0.25, -0.2) is 4.79 Å². The number of esters is 2. The largest absolute Gasteiger partial charge is 0.508 e. The minimum atomic E-state index is -0.744. The van der Waals surface area contributed by atoms with E-state index in [0.29, 0.717) is 19.4 Å². The molecule has 4 saturated carbocycles. The molecule has 4 bridgehead atoms. The van der Waals surface area contributed by atoms with E-state index in [-0.39, 0.29) is 37.2 Å². The topological polar surface area (TPSA) is 91.4 Å². The number of hydrogen-bond acceptors (Lipinski definition) is 8. The Balaban J connectivity index is 1.30. The van der Waals surface area contributed by atoms with E-state index in [4.69, 9.17) is 18.9 Å². The fourth-order valence-electron chi connectivity index (χ4n) is 8.50. The molecule has 280 valence electrons. The Labute approximate surface area is 298 Å². The molecule has 0 spiro atoms. The van der Waals surface area contributed by atoms with E-state index < -0.39 is 12.1 Å². The number of allylic oxidation sites excluding steroid dienone is 4. The van der Waals surface area contributed by atoms with E-state index in [1.54, 1.807) is 0 Å². The Hall–Kier alpha value is -2.35. The molecular formula is C41H69NO7. The van der Waals surface area contributed by atoms with Gasteiger partial charge in [-0.3, -0.25) is 9.59 Å². The Morgan fingerprint density at radius 1 is 0.673 bits per heavy atom. The van der Waals surface area contributed by atoms with Gasteiger partial charge in [0.2, 0.25) is 0 Å². The quantitative estimate of drug-likeness (QED) is 0.0365. The van der Waals surface area contributed by atoms with Crippen molar-refractivity contribution in [2.75, 3.05) is 47.1 Å². The highest BCUT2D eigenvalue weighted by atomic mass is 16.7. The van der Waals surface area contributed by atoms with E-state index >= 15 is 0 Å². The highest BCUT2D eigenvalue weighted by Crippen LogP contribution is 2.61. The Morgan fingerprint density at radius 2 is 1.24 bits per heavy atom. The standard InChI is InChI=1S/C41H69NO7/c1-4-5-6-7-8-9-10-11-12-13-14-15-16-17-18-21-38(43)47-31-37(33-49-40(45)46-23-20-19-22-42(2)3)32-48-39(44)30-41-27-34-24-35(28-41)26-36(25-34)29-41/h8-9,11-12,34-37H,4-7,10,13-33H2,1-3H3/b9-8-,12-11-. The van der Waals surface area contributed by atoms with Crippen molar-refractivity contribution in [3.05, 3.63) is 24.3 Å². The van der Waals surface area contributed by atoms with E-state index in [2.05, 4.69) is 36.1 Å². The monoisotopic (exact) mass is 688 g/mol. The first-order chi connectivity index (χ1) is 23.8. The zero-order chi connectivity index (χ0) is 35.2. The summed E-state index contributed by atoms with van der Waals surface area (Å²) in [5.74, 6) is 1.43. The lowest BCUT2D eigenvalue weighted by molar-refractivity contribution is -0.155. The third kappa shape index (κ3) is 17.9. The molecule has 49 heavy (non-hydrogen) atoms. The summed E-state index contributed by atoms with van der Waals surface area (Å²) in [5, 5.41) is 0. The van der Waals surface area contributed by atoms with Crippen molar-refractivity contribution in [1.29, 1.82) is 0 Å². The van der Waals surface area contributed by atoms with Gasteiger partial charge < -0.3 is 23.8 Å². The second-order valence-corrected chi connectivity index (χ2v) is 15.7. The van der Waals surface area contributed by atoms with Crippen molar-refractivity contribution >= 4 is 18.1 Å². The predicted molar refractivity (Wildman–Crippen MR) is 195 cm³/mol. The molecule has 4 fully saturated rings. The first-order valence-electron chi connectivity index (χ1n) is 19.8. The summed E-state index contributed by atoms with van der Waals surface area (Å²) in [4.78, 5) is 39.9. The highest BCUT2D eigenvalue weighted by Gasteiger charge is 2.51. The van der Waals surface area contributed by atoms with E-state index in [0.717, 1.165) is 94.9 Å². The minimum Gasteiger partial charge on any atom is -0.465 e. The Kier molecular flexibility index (Phi) is 20.1. The van der Waals surface area contributed by atoms with Gasteiger partial charge >= 0.3 is 18.1 Å². The number of unbranched alkanes of at least 4 members (excludes halogenated alkanes) is 9. The van der Waals surface area contributed by atoms with Gasteiger partial charge in [0.05, 0.1) is 18.9 Å². The third-order valence-electron chi connectivity index (χ3n) is 10.6. The van der Waals surface area contributed by atoms with Crippen molar-refractivity contribution in [1.82, 2.24) is 4.90 Å². The lowest BCUT2D eigenvalue weighted by atomic mass is 9.49. The molecular weight excluding hydrogens is 618 g/mol. The molecule has 0 amide bonds. The molecule has 0 heterocycles. The summed E-state index contributed by atoms with van der Waals surface area (Å²) >= 11 is 0. The Bertz CT molecular complexity index is 971. The fraction of sp³-hybridized carbons (Fsp3) is 0.829. The summed E-state index contributed by atoms with van der Waals surface area (Å²) in [5.41, 5.74) is 0.0994. The number of ether oxygens (including phenoxy) is 4. The van der Waals surface area contributed by atoms with Crippen molar-refractivity contribution in [2.24, 2.45) is 29.1 Å². The van der Waals surface area contributed by atoms with E-state index in [1.807, 2.05) is 14.1 Å². The molecule has 1 unspecified atom stereocenters. The molecule has 8 heteroatoms. The second-order valence-electron chi connectivity index (χ2n) is 15.7. The van der Waals surface area contributed by atoms with Gasteiger partial charge in [-0.2, -0.15) is 0 Å². The molecule has 0 radical (unpaired) electrons. The molecule has 0 aliphatic heterocycles. The van der Waals surface area contributed by atoms with Crippen LogP contribution in [0.15, 0.2) is 24.3 Å². The average Bonchev–Trinajstić information content (AvgIpc) is 3.05. The maximum Gasteiger partial charge on any atom is 0.508 e. The first kappa shape index (κ1) is 41.1. The van der Waals surface area contributed by atoms with Crippen LogP contribution in [0.25, 0.3) is 0 Å². The lowest BCUT2D eigenvalue weighted by Gasteiger charge is -2.56. The number of carbonyl (C=O) groups excluding carboxylic acids is 3. The summed E-state index contributed by atoms with van der Waals surface area (Å²) in [6.45, 7) is 3.52. The zero-order valence-electron chi connectivity index (χ0n) is 31.3. The average molecular weight is 688 g/mol. The van der Waals surface area contributed by atoms with E-state index in [1.165, 1.54) is 51.4 Å². The van der Waals surface area contributed by atoms with Gasteiger partial charge in [0.15, 0.2) is 0 Å². The van der Waals surface area contributed by atoms with Crippen LogP contribution in [0.2, 0.25) is 0 Å². The lowest BCUT2D eigenvalue weighted by Crippen LogP contribution is -2.47. The number of carbonyl (C=O) groups is 3. The summed E-state index contributed by atoms with van der Waals surface area (Å²) in [6.07, 6.45) is 30.7. The normalized spacial score (nSPS) is 23.4. The van der Waals surface area contributed by atoms with Gasteiger partial charge in [-0.05, 0) is 134 Å². The highest BCUT2D eigenvalue weighted by molar-refractivity contribution is 5.70. The summed E-state index contributed by atoms with van der Waals surface area (Å²) in [7, 11) is 4.02. The molecule has 8 nitrogen and oxygen atoms in total. The van der Waals surface area contributed by atoms with Crippen LogP contribution in [0.5, 0.6) is 0 Å². The van der Waals surface area contributed by atoms with E-state index in [9.17, 15) is 14.4 Å². The van der Waals surface area contributed by atoms with Gasteiger partial charge in [0.1, 0.15) is 19.8 Å². The molecule has 0 aromatic rings. The molecule has 4 aliphatic carbocycles. The minimum absolute atomic E-state index is 0.0296. The van der Waals surface area contributed by atoms with Crippen LogP contribution in [-0.2, 0) is 28.5 Å². The van der Waals surface area contributed by atoms with Crippen LogP contribution >= 0.6 is 0 Å². The van der Waals surface area contributed by atoms with Crippen molar-refractivity contribution < 1.29 is 33.3 Å². The predicted octanol–water partition coefficient (Wildman–Crippen LogP) is 9.60. The molecule has 0 saturated heterocycles. The van der Waals surface area contributed by atoms with Crippen molar-refractivity contribution in [3.8, 4) is 0 Å². The van der Waals surface area contributed by atoms with Crippen LogP contribution < -0.4 is 0 Å². The smallest absolute Gasteiger partial charge is 0.465 e. The molecule has 4 rings (SSSR count). The number of nitrogens with zero attached hydrogens (tertiary/aromatic N) is 1.